The van der Waals surface area contributed by atoms with Gasteiger partial charge in [-0.15, -0.1) is 12.4 Å². The average Bonchev–Trinajstić information content (AvgIpc) is 2.28. The van der Waals surface area contributed by atoms with Crippen LogP contribution in [0.2, 0.25) is 0 Å². The van der Waals surface area contributed by atoms with Crippen LogP contribution >= 0.6 is 12.4 Å². The van der Waals surface area contributed by atoms with E-state index in [0.717, 1.165) is 12.1 Å². The molecule has 2 nitrogen and oxygen atoms in total. The Morgan fingerprint density at radius 2 is 1.89 bits per heavy atom. The van der Waals surface area contributed by atoms with Gasteiger partial charge in [0.05, 0.1) is 0 Å². The van der Waals surface area contributed by atoms with E-state index in [1.165, 1.54) is 6.07 Å². The van der Waals surface area contributed by atoms with Gasteiger partial charge in [0, 0.05) is 18.2 Å². The van der Waals surface area contributed by atoms with Crippen LogP contribution in [0.1, 0.15) is 32.4 Å². The van der Waals surface area contributed by atoms with Gasteiger partial charge in [-0.25, -0.2) is 4.39 Å². The lowest BCUT2D eigenvalue weighted by molar-refractivity contribution is 0.172. The molecule has 0 heterocycles. The van der Waals surface area contributed by atoms with Crippen LogP contribution in [-0.2, 0) is 0 Å². The van der Waals surface area contributed by atoms with Crippen molar-refractivity contribution in [1.29, 1.82) is 0 Å². The van der Waals surface area contributed by atoms with Crippen molar-refractivity contribution >= 4 is 12.4 Å². The van der Waals surface area contributed by atoms with E-state index in [2.05, 4.69) is 18.7 Å². The van der Waals surface area contributed by atoms with Gasteiger partial charge < -0.3 is 5.73 Å². The second kappa shape index (κ2) is 7.07. The molecule has 0 radical (unpaired) electrons. The molecule has 18 heavy (non-hydrogen) atoms. The van der Waals surface area contributed by atoms with E-state index in [1.54, 1.807) is 6.07 Å². The first-order valence-corrected chi connectivity index (χ1v) is 6.02. The summed E-state index contributed by atoms with van der Waals surface area (Å²) in [5, 5.41) is 0. The van der Waals surface area contributed by atoms with Gasteiger partial charge in [-0.1, -0.05) is 32.0 Å². The van der Waals surface area contributed by atoms with E-state index >= 15 is 0 Å². The maximum absolute atomic E-state index is 13.7. The summed E-state index contributed by atoms with van der Waals surface area (Å²) in [6.07, 6.45) is 0. The van der Waals surface area contributed by atoms with Crippen molar-refractivity contribution < 1.29 is 4.39 Å². The highest BCUT2D eigenvalue weighted by atomic mass is 35.5. The lowest BCUT2D eigenvalue weighted by Crippen LogP contribution is -2.38. The predicted octanol–water partition coefficient (Wildman–Crippen LogP) is 3.23. The Kier molecular flexibility index (Phi) is 6.82. The van der Waals surface area contributed by atoms with Crippen LogP contribution < -0.4 is 5.73 Å². The van der Waals surface area contributed by atoms with Crippen molar-refractivity contribution in [2.75, 3.05) is 20.1 Å². The van der Waals surface area contributed by atoms with Crippen molar-refractivity contribution in [1.82, 2.24) is 4.90 Å². The zero-order valence-electron chi connectivity index (χ0n) is 11.6. The molecule has 0 bridgehead atoms. The van der Waals surface area contributed by atoms with Gasteiger partial charge >= 0.3 is 0 Å². The van der Waals surface area contributed by atoms with Gasteiger partial charge in [-0.3, -0.25) is 4.90 Å². The fraction of sp³-hybridized carbons (Fsp3) is 0.571. The number of halogens is 2. The molecule has 0 aliphatic heterocycles. The summed E-state index contributed by atoms with van der Waals surface area (Å²) in [6.45, 7) is 7.74. The molecule has 4 heteroatoms. The smallest absolute Gasteiger partial charge is 0.127 e. The van der Waals surface area contributed by atoms with Gasteiger partial charge in [0.2, 0.25) is 0 Å². The largest absolute Gasteiger partial charge is 0.330 e. The molecule has 1 aromatic carbocycles. The molecule has 0 aliphatic carbocycles. The third-order valence-electron chi connectivity index (χ3n) is 3.25. The van der Waals surface area contributed by atoms with Crippen LogP contribution in [0.3, 0.4) is 0 Å². The highest BCUT2D eigenvalue weighted by Gasteiger charge is 2.22. The average molecular weight is 275 g/mol. The Bertz CT molecular complexity index is 369. The Balaban J connectivity index is 0.00000289. The van der Waals surface area contributed by atoms with Gasteiger partial charge in [0.15, 0.2) is 0 Å². The number of rotatable bonds is 5. The van der Waals surface area contributed by atoms with E-state index in [-0.39, 0.29) is 29.7 Å². The van der Waals surface area contributed by atoms with Gasteiger partial charge in [-0.05, 0) is 32.0 Å². The standard InChI is InChI=1S/C14H23FN2.ClH/c1-11(12-7-5-6-8-13(12)15)17(4)10-14(2,3)9-16;/h5-8,11H,9-10,16H2,1-4H3;1H. The second-order valence-electron chi connectivity index (χ2n) is 5.48. The molecular weight excluding hydrogens is 251 g/mol. The van der Waals surface area contributed by atoms with Gasteiger partial charge in [0.1, 0.15) is 5.82 Å². The minimum Gasteiger partial charge on any atom is -0.330 e. The van der Waals surface area contributed by atoms with E-state index in [0.29, 0.717) is 6.54 Å². The third kappa shape index (κ3) is 4.56. The number of hydrogen-bond acceptors (Lipinski definition) is 2. The molecule has 1 aromatic rings. The summed E-state index contributed by atoms with van der Waals surface area (Å²) in [5.74, 6) is -0.141. The summed E-state index contributed by atoms with van der Waals surface area (Å²) in [4.78, 5) is 2.14. The zero-order chi connectivity index (χ0) is 13.1. The van der Waals surface area contributed by atoms with Crippen molar-refractivity contribution in [3.63, 3.8) is 0 Å². The molecule has 104 valence electrons. The zero-order valence-corrected chi connectivity index (χ0v) is 12.4. The second-order valence-corrected chi connectivity index (χ2v) is 5.48. The van der Waals surface area contributed by atoms with Gasteiger partial charge in [0.25, 0.3) is 0 Å². The highest BCUT2D eigenvalue weighted by Crippen LogP contribution is 2.25. The first kappa shape index (κ1) is 17.4. The summed E-state index contributed by atoms with van der Waals surface area (Å²) in [6, 6.07) is 6.99. The molecule has 1 unspecified atom stereocenters. The van der Waals surface area contributed by atoms with Crippen molar-refractivity contribution in [3.8, 4) is 0 Å². The lowest BCUT2D eigenvalue weighted by atomic mass is 9.92. The Morgan fingerprint density at radius 1 is 1.33 bits per heavy atom. The molecule has 0 fully saturated rings. The fourth-order valence-electron chi connectivity index (χ4n) is 1.93. The quantitative estimate of drug-likeness (QED) is 0.893. The van der Waals surface area contributed by atoms with Crippen molar-refractivity contribution in [2.45, 2.75) is 26.8 Å². The summed E-state index contributed by atoms with van der Waals surface area (Å²) in [5.41, 5.74) is 6.51. The summed E-state index contributed by atoms with van der Waals surface area (Å²) >= 11 is 0. The molecule has 0 saturated carbocycles. The van der Waals surface area contributed by atoms with Crippen LogP contribution in [0.25, 0.3) is 0 Å². The molecule has 1 atom stereocenters. The molecule has 0 aromatic heterocycles. The topological polar surface area (TPSA) is 29.3 Å². The minimum atomic E-state index is -0.141. The number of benzene rings is 1. The monoisotopic (exact) mass is 274 g/mol. The van der Waals surface area contributed by atoms with Crippen LogP contribution in [0.5, 0.6) is 0 Å². The minimum absolute atomic E-state index is 0. The van der Waals surface area contributed by atoms with E-state index < -0.39 is 0 Å². The van der Waals surface area contributed by atoms with Crippen molar-refractivity contribution in [3.05, 3.63) is 35.6 Å². The Morgan fingerprint density at radius 3 is 2.39 bits per heavy atom. The maximum atomic E-state index is 13.7. The third-order valence-corrected chi connectivity index (χ3v) is 3.25. The highest BCUT2D eigenvalue weighted by molar-refractivity contribution is 5.85. The van der Waals surface area contributed by atoms with Crippen LogP contribution in [0.15, 0.2) is 24.3 Å². The SMILES string of the molecule is CC(c1ccccc1F)N(C)CC(C)(C)CN.Cl. The number of nitrogens with two attached hydrogens (primary N) is 1. The molecule has 1 rings (SSSR count). The molecule has 0 saturated heterocycles. The van der Waals surface area contributed by atoms with Crippen LogP contribution in [0.4, 0.5) is 4.39 Å². The van der Waals surface area contributed by atoms with Crippen molar-refractivity contribution in [2.24, 2.45) is 11.1 Å². The molecule has 2 N–H and O–H groups in total. The summed E-state index contributed by atoms with van der Waals surface area (Å²) in [7, 11) is 2.01. The van der Waals surface area contributed by atoms with Gasteiger partial charge in [-0.2, -0.15) is 0 Å². The molecule has 0 spiro atoms. The number of hydrogen-bond donors (Lipinski definition) is 1. The van der Waals surface area contributed by atoms with Crippen LogP contribution in [-0.4, -0.2) is 25.0 Å². The first-order chi connectivity index (χ1) is 7.87. The lowest BCUT2D eigenvalue weighted by Gasteiger charge is -2.33. The summed E-state index contributed by atoms with van der Waals surface area (Å²) < 4.78 is 13.7. The molecule has 0 aliphatic rings. The Labute approximate surface area is 116 Å². The fourth-order valence-corrected chi connectivity index (χ4v) is 1.93. The molecule has 0 amide bonds. The van der Waals surface area contributed by atoms with E-state index in [1.807, 2.05) is 26.1 Å². The van der Waals surface area contributed by atoms with Crippen LogP contribution in [0, 0.1) is 11.2 Å². The Hall–Kier alpha value is -0.640. The normalized spacial score (nSPS) is 13.3. The van der Waals surface area contributed by atoms with E-state index in [9.17, 15) is 4.39 Å². The number of nitrogens with zero attached hydrogens (tertiary/aromatic N) is 1. The van der Waals surface area contributed by atoms with E-state index in [4.69, 9.17) is 5.73 Å². The maximum Gasteiger partial charge on any atom is 0.127 e. The molecular formula is C14H24ClFN2. The first-order valence-electron chi connectivity index (χ1n) is 6.02. The predicted molar refractivity (Wildman–Crippen MR) is 77.5 cm³/mol.